The van der Waals surface area contributed by atoms with Gasteiger partial charge in [0, 0.05) is 6.42 Å². The van der Waals surface area contributed by atoms with Crippen molar-refractivity contribution in [1.82, 2.24) is 0 Å². The molecule has 0 aliphatic rings. The summed E-state index contributed by atoms with van der Waals surface area (Å²) in [4.78, 5) is 10.6. The van der Waals surface area contributed by atoms with E-state index in [4.69, 9.17) is 11.6 Å². The summed E-state index contributed by atoms with van der Waals surface area (Å²) in [6.45, 7) is 0. The second-order valence-electron chi connectivity index (χ2n) is 1.57. The van der Waals surface area contributed by atoms with Crippen molar-refractivity contribution in [2.45, 2.75) is 13.4 Å². The van der Waals surface area contributed by atoms with E-state index in [9.17, 15) is 4.79 Å². The van der Waals surface area contributed by atoms with E-state index in [1.54, 1.807) is 0 Å². The van der Waals surface area contributed by atoms with Gasteiger partial charge in [-0.1, -0.05) is 63.7 Å². The molecule has 0 amide bonds. The number of carbonyl (C=O) groups is 1. The molecule has 0 bridgehead atoms. The zero-order chi connectivity index (χ0) is 8.36. The minimum atomic E-state index is -0.820. The first-order chi connectivity index (χ1) is 4.36. The number of carbonyl (C=O) groups excluding carboxylic acids is 1. The van der Waals surface area contributed by atoms with Gasteiger partial charge >= 0.3 is 0 Å². The third-order valence-electron chi connectivity index (χ3n) is 0.698. The van der Waals surface area contributed by atoms with Crippen LogP contribution < -0.4 is 0 Å². The van der Waals surface area contributed by atoms with Crippen molar-refractivity contribution in [1.29, 1.82) is 0 Å². The molecule has 0 unspecified atom stereocenters. The first-order valence-corrected chi connectivity index (χ1v) is 6.01. The lowest BCUT2D eigenvalue weighted by molar-refractivity contribution is -0.111. The highest BCUT2D eigenvalue weighted by molar-refractivity contribution is 9.26. The Morgan fingerprint density at radius 2 is 1.90 bits per heavy atom. The average Bonchev–Trinajstić information content (AvgIpc) is 1.60. The molecule has 0 rings (SSSR count). The predicted molar refractivity (Wildman–Crippen MR) is 57.7 cm³/mol. The largest absolute Gasteiger partial charge is 0.279 e. The smallest absolute Gasteiger partial charge is 0.249 e. The maximum Gasteiger partial charge on any atom is 0.249 e. The fraction of sp³-hybridized carbons (Fsp3) is 0.750. The molecule has 0 aromatic heterocycles. The summed E-state index contributed by atoms with van der Waals surface area (Å²) >= 11 is 17.9. The Balaban J connectivity index is 4.00. The van der Waals surface area contributed by atoms with Crippen LogP contribution in [0.2, 0.25) is 0 Å². The van der Waals surface area contributed by atoms with E-state index >= 15 is 0 Å². The second kappa shape index (κ2) is 4.80. The van der Waals surface area contributed by atoms with Crippen LogP contribution in [0.3, 0.4) is 0 Å². The van der Waals surface area contributed by atoms with E-state index in [0.717, 1.165) is 0 Å². The monoisotopic (exact) mass is 418 g/mol. The lowest BCUT2D eigenvalue weighted by atomic mass is 10.4. The third-order valence-corrected chi connectivity index (χ3v) is 3.49. The summed E-state index contributed by atoms with van der Waals surface area (Å²) in [5.74, 6) is 0. The van der Waals surface area contributed by atoms with Crippen LogP contribution in [0.4, 0.5) is 0 Å². The van der Waals surface area contributed by atoms with Crippen molar-refractivity contribution in [3.8, 4) is 0 Å². The van der Waals surface area contributed by atoms with Gasteiger partial charge in [0.1, 0.15) is 0 Å². The zero-order valence-electron chi connectivity index (χ0n) is 4.58. The summed E-state index contributed by atoms with van der Waals surface area (Å²) in [6, 6.07) is 0. The van der Waals surface area contributed by atoms with Crippen molar-refractivity contribution >= 4 is 80.6 Å². The van der Waals surface area contributed by atoms with Crippen LogP contribution >= 0.6 is 75.3 Å². The molecule has 0 spiro atoms. The number of rotatable bonds is 3. The van der Waals surface area contributed by atoms with Crippen molar-refractivity contribution < 1.29 is 4.79 Å². The summed E-state index contributed by atoms with van der Waals surface area (Å²) < 4.78 is -0.763. The highest BCUT2D eigenvalue weighted by Gasteiger charge is 2.32. The van der Waals surface area contributed by atoms with E-state index in [2.05, 4.69) is 63.7 Å². The lowest BCUT2D eigenvalue weighted by Crippen LogP contribution is -2.21. The van der Waals surface area contributed by atoms with E-state index < -0.39 is 8.48 Å². The minimum absolute atomic E-state index is 0.0569. The molecule has 0 fully saturated rings. The highest BCUT2D eigenvalue weighted by Crippen LogP contribution is 2.37. The van der Waals surface area contributed by atoms with Gasteiger partial charge in [0.2, 0.25) is 5.24 Å². The van der Waals surface area contributed by atoms with Crippen molar-refractivity contribution in [3.63, 3.8) is 0 Å². The topological polar surface area (TPSA) is 17.1 Å². The average molecular weight is 422 g/mol. The number of halogens is 5. The molecular formula is C4H3Br4ClO. The summed E-state index contributed by atoms with van der Waals surface area (Å²) in [6.07, 6.45) is 0.523. The Bertz CT molecular complexity index is 135. The van der Waals surface area contributed by atoms with E-state index in [1.807, 2.05) is 0 Å². The second-order valence-corrected chi connectivity index (χ2v) is 9.13. The fourth-order valence-electron chi connectivity index (χ4n) is 0.274. The van der Waals surface area contributed by atoms with Crippen LogP contribution in [-0.4, -0.2) is 12.2 Å². The molecule has 10 heavy (non-hydrogen) atoms. The van der Waals surface area contributed by atoms with Crippen LogP contribution in [0, 0.1) is 0 Å². The molecule has 0 radical (unpaired) electrons. The van der Waals surface area contributed by atoms with Gasteiger partial charge in [-0.3, -0.25) is 4.79 Å². The molecule has 0 aromatic carbocycles. The zero-order valence-corrected chi connectivity index (χ0v) is 11.7. The van der Waals surface area contributed by atoms with Gasteiger partial charge in [-0.2, -0.15) is 0 Å². The Kier molecular flexibility index (Phi) is 5.70. The lowest BCUT2D eigenvalue weighted by Gasteiger charge is -2.15. The molecule has 0 N–H and O–H groups in total. The highest BCUT2D eigenvalue weighted by atomic mass is 79.9. The standard InChI is InChI=1S/C4H3Br4ClO/c5-2(6)1-4(7,8)3(9)10/h2H,1H2. The summed E-state index contributed by atoms with van der Waals surface area (Å²) in [5.41, 5.74) is 0. The SMILES string of the molecule is O=C(Cl)C(Br)(Br)CC(Br)Br. The van der Waals surface area contributed by atoms with Gasteiger partial charge < -0.3 is 0 Å². The number of alkyl halides is 4. The maximum absolute atomic E-state index is 10.6. The summed E-state index contributed by atoms with van der Waals surface area (Å²) in [5, 5.41) is -0.462. The quantitative estimate of drug-likeness (QED) is 0.501. The molecular weight excluding hydrogens is 419 g/mol. The first-order valence-electron chi connectivity index (χ1n) is 2.22. The van der Waals surface area contributed by atoms with Gasteiger partial charge in [0.25, 0.3) is 0 Å². The molecule has 0 aromatic rings. The Morgan fingerprint density at radius 3 is 2.00 bits per heavy atom. The van der Waals surface area contributed by atoms with E-state index in [1.165, 1.54) is 0 Å². The van der Waals surface area contributed by atoms with E-state index in [-0.39, 0.29) is 3.74 Å². The Labute approximate surface area is 97.8 Å². The Morgan fingerprint density at radius 1 is 1.50 bits per heavy atom. The fourth-order valence-corrected chi connectivity index (χ4v) is 3.71. The summed E-state index contributed by atoms with van der Waals surface area (Å²) in [7, 11) is 0. The molecule has 0 saturated carbocycles. The molecule has 6 heteroatoms. The van der Waals surface area contributed by atoms with Crippen LogP contribution in [0.15, 0.2) is 0 Å². The Hall–Kier alpha value is 1.88. The number of hydrogen-bond donors (Lipinski definition) is 0. The van der Waals surface area contributed by atoms with Gasteiger partial charge in [-0.15, -0.1) is 0 Å². The van der Waals surface area contributed by atoms with Crippen molar-refractivity contribution in [2.24, 2.45) is 0 Å². The van der Waals surface area contributed by atoms with Crippen LogP contribution in [0.1, 0.15) is 6.42 Å². The van der Waals surface area contributed by atoms with Gasteiger partial charge in [-0.05, 0) is 11.6 Å². The molecule has 1 nitrogen and oxygen atoms in total. The van der Waals surface area contributed by atoms with Crippen molar-refractivity contribution in [3.05, 3.63) is 0 Å². The van der Waals surface area contributed by atoms with Crippen LogP contribution in [0.5, 0.6) is 0 Å². The molecule has 0 aliphatic heterocycles. The molecule has 0 aliphatic carbocycles. The van der Waals surface area contributed by atoms with Crippen LogP contribution in [-0.2, 0) is 4.79 Å². The number of hydrogen-bond acceptors (Lipinski definition) is 1. The molecule has 60 valence electrons. The molecule has 0 atom stereocenters. The third kappa shape index (κ3) is 4.70. The minimum Gasteiger partial charge on any atom is -0.279 e. The van der Waals surface area contributed by atoms with Gasteiger partial charge in [0.05, 0.1) is 3.74 Å². The maximum atomic E-state index is 10.6. The van der Waals surface area contributed by atoms with Crippen LogP contribution in [0.25, 0.3) is 0 Å². The first kappa shape index (κ1) is 11.9. The normalized spacial score (nSPS) is 12.2. The molecule has 0 saturated heterocycles. The van der Waals surface area contributed by atoms with Crippen molar-refractivity contribution in [2.75, 3.05) is 0 Å². The molecule has 0 heterocycles. The predicted octanol–water partition coefficient (Wildman–Crippen LogP) is 3.74. The van der Waals surface area contributed by atoms with Gasteiger partial charge in [0.15, 0.2) is 3.23 Å². The van der Waals surface area contributed by atoms with E-state index in [0.29, 0.717) is 6.42 Å². The van der Waals surface area contributed by atoms with Gasteiger partial charge in [-0.25, -0.2) is 0 Å².